The molecule has 2 aliphatic carbocycles. The molecule has 0 spiro atoms. The SMILES string of the molecule is CCN1C2=C(C(=O)CC(C)(C)C2)C(c2cc(I)c(OCc3cccc(F)c3)c(OC)c2)C2=C1CC(C)(C)CC2=O. The molecule has 5 rings (SSSR count). The van der Waals surface area contributed by atoms with Gasteiger partial charge in [0.05, 0.1) is 10.7 Å². The fraction of sp³-hybridized carbons (Fsp3) is 0.455. The standard InChI is InChI=1S/C33H37FINO4/c1-7-36-23-14-32(2,3)16-25(37)29(23)28(30-24(36)15-33(4,5)17-26(30)38)20-12-22(35)31(27(13-20)39-6)40-18-19-9-8-10-21(34)11-19/h8-13,28H,7,14-18H2,1-6H3. The Morgan fingerprint density at radius 3 is 2.08 bits per heavy atom. The summed E-state index contributed by atoms with van der Waals surface area (Å²) in [6.07, 6.45) is 2.47. The van der Waals surface area contributed by atoms with Crippen molar-refractivity contribution in [2.24, 2.45) is 10.8 Å². The number of hydrogen-bond donors (Lipinski definition) is 0. The highest BCUT2D eigenvalue weighted by molar-refractivity contribution is 14.1. The average molecular weight is 658 g/mol. The minimum absolute atomic E-state index is 0.110. The number of rotatable bonds is 6. The molecular weight excluding hydrogens is 620 g/mol. The summed E-state index contributed by atoms with van der Waals surface area (Å²) in [5.41, 5.74) is 4.87. The van der Waals surface area contributed by atoms with Gasteiger partial charge in [-0.1, -0.05) is 39.8 Å². The van der Waals surface area contributed by atoms with Gasteiger partial charge < -0.3 is 14.4 Å². The van der Waals surface area contributed by atoms with E-state index in [1.807, 2.05) is 18.2 Å². The van der Waals surface area contributed by atoms with Crippen LogP contribution in [0, 0.1) is 20.2 Å². The fourth-order valence-corrected chi connectivity index (χ4v) is 7.37. The van der Waals surface area contributed by atoms with E-state index in [9.17, 15) is 14.0 Å². The van der Waals surface area contributed by atoms with Crippen LogP contribution in [0.4, 0.5) is 4.39 Å². The van der Waals surface area contributed by atoms with Crippen molar-refractivity contribution in [1.29, 1.82) is 0 Å². The average Bonchev–Trinajstić information content (AvgIpc) is 2.85. The maximum atomic E-state index is 13.9. The summed E-state index contributed by atoms with van der Waals surface area (Å²) in [7, 11) is 1.59. The molecule has 0 bridgehead atoms. The van der Waals surface area contributed by atoms with Crippen LogP contribution >= 0.6 is 22.6 Å². The normalized spacial score (nSPS) is 20.4. The second-order valence-electron chi connectivity index (χ2n) is 12.7. The number of allylic oxidation sites excluding steroid dienone is 4. The first-order chi connectivity index (χ1) is 18.8. The highest BCUT2D eigenvalue weighted by Gasteiger charge is 2.48. The van der Waals surface area contributed by atoms with Gasteiger partial charge in [-0.25, -0.2) is 4.39 Å². The second-order valence-corrected chi connectivity index (χ2v) is 13.9. The number of nitrogens with zero attached hydrogens (tertiary/aromatic N) is 1. The minimum Gasteiger partial charge on any atom is -0.493 e. The van der Waals surface area contributed by atoms with Crippen LogP contribution in [0.2, 0.25) is 0 Å². The smallest absolute Gasteiger partial charge is 0.174 e. The number of Topliss-reactive ketones (excluding diaryl/α,β-unsaturated/α-hetero) is 2. The first kappa shape index (κ1) is 28.8. The van der Waals surface area contributed by atoms with Crippen LogP contribution in [0.15, 0.2) is 58.9 Å². The van der Waals surface area contributed by atoms with Crippen molar-refractivity contribution < 1.29 is 23.5 Å². The quantitative estimate of drug-likeness (QED) is 0.298. The van der Waals surface area contributed by atoms with Crippen LogP contribution in [-0.4, -0.2) is 30.1 Å². The van der Waals surface area contributed by atoms with Gasteiger partial charge in [0, 0.05) is 47.8 Å². The topological polar surface area (TPSA) is 55.8 Å². The van der Waals surface area contributed by atoms with Crippen LogP contribution in [0.5, 0.6) is 11.5 Å². The van der Waals surface area contributed by atoms with Crippen molar-refractivity contribution in [2.45, 2.75) is 72.8 Å². The van der Waals surface area contributed by atoms with E-state index >= 15 is 0 Å². The Balaban J connectivity index is 1.65. The lowest BCUT2D eigenvalue weighted by Crippen LogP contribution is -2.44. The van der Waals surface area contributed by atoms with Crippen LogP contribution in [0.25, 0.3) is 0 Å². The second kappa shape index (κ2) is 10.6. The monoisotopic (exact) mass is 657 g/mol. The Morgan fingerprint density at radius 1 is 0.950 bits per heavy atom. The predicted octanol–water partition coefficient (Wildman–Crippen LogP) is 7.72. The molecule has 3 aliphatic rings. The number of ketones is 2. The van der Waals surface area contributed by atoms with E-state index in [2.05, 4.69) is 62.1 Å². The van der Waals surface area contributed by atoms with E-state index in [1.165, 1.54) is 12.1 Å². The minimum atomic E-state index is -0.445. The summed E-state index contributed by atoms with van der Waals surface area (Å²) in [4.78, 5) is 30.0. The number of hydrogen-bond acceptors (Lipinski definition) is 5. The molecule has 0 aromatic heterocycles. The van der Waals surface area contributed by atoms with E-state index in [4.69, 9.17) is 9.47 Å². The first-order valence-corrected chi connectivity index (χ1v) is 15.0. The van der Waals surface area contributed by atoms with Gasteiger partial charge in [-0.05, 0) is 88.6 Å². The van der Waals surface area contributed by atoms with Crippen molar-refractivity contribution in [3.8, 4) is 11.5 Å². The number of carbonyl (C=O) groups excluding carboxylic acids is 2. The maximum absolute atomic E-state index is 13.9. The molecule has 2 aromatic rings. The molecule has 0 radical (unpaired) electrons. The number of carbonyl (C=O) groups is 2. The molecule has 40 heavy (non-hydrogen) atoms. The lowest BCUT2D eigenvalue weighted by atomic mass is 9.63. The summed E-state index contributed by atoms with van der Waals surface area (Å²) < 4.78 is 26.4. The fourth-order valence-electron chi connectivity index (χ4n) is 6.59. The Bertz CT molecular complexity index is 1400. The van der Waals surface area contributed by atoms with Gasteiger partial charge in [0.2, 0.25) is 0 Å². The van der Waals surface area contributed by atoms with Crippen LogP contribution in [-0.2, 0) is 16.2 Å². The van der Waals surface area contributed by atoms with E-state index < -0.39 is 5.92 Å². The van der Waals surface area contributed by atoms with Gasteiger partial charge in [-0.2, -0.15) is 0 Å². The Morgan fingerprint density at radius 2 is 1.55 bits per heavy atom. The molecule has 0 unspecified atom stereocenters. The van der Waals surface area contributed by atoms with Gasteiger partial charge in [-0.15, -0.1) is 0 Å². The van der Waals surface area contributed by atoms with Gasteiger partial charge in [0.25, 0.3) is 0 Å². The summed E-state index contributed by atoms with van der Waals surface area (Å²) in [6, 6.07) is 10.2. The van der Waals surface area contributed by atoms with Gasteiger partial charge in [0.1, 0.15) is 12.4 Å². The highest BCUT2D eigenvalue weighted by Crippen LogP contribution is 2.55. The van der Waals surface area contributed by atoms with Crippen LogP contribution in [0.1, 0.15) is 77.3 Å². The van der Waals surface area contributed by atoms with E-state index in [0.29, 0.717) is 36.4 Å². The molecule has 2 aromatic carbocycles. The van der Waals surface area contributed by atoms with E-state index in [1.54, 1.807) is 13.2 Å². The Kier molecular flexibility index (Phi) is 7.66. The number of methoxy groups -OCH3 is 1. The van der Waals surface area contributed by atoms with Crippen LogP contribution < -0.4 is 9.47 Å². The lowest BCUT2D eigenvalue weighted by molar-refractivity contribution is -0.119. The third-order valence-corrected chi connectivity index (χ3v) is 9.00. The molecule has 0 saturated carbocycles. The number of halogens is 2. The molecule has 0 atom stereocenters. The third-order valence-electron chi connectivity index (χ3n) is 8.20. The summed E-state index contributed by atoms with van der Waals surface area (Å²) in [5.74, 6) is 0.536. The number of ether oxygens (including phenoxy) is 2. The third kappa shape index (κ3) is 5.33. The van der Waals surface area contributed by atoms with Gasteiger partial charge in [0.15, 0.2) is 23.1 Å². The van der Waals surface area contributed by atoms with Crippen molar-refractivity contribution in [2.75, 3.05) is 13.7 Å². The largest absolute Gasteiger partial charge is 0.493 e. The molecular formula is C33H37FINO4. The molecule has 5 nitrogen and oxygen atoms in total. The molecule has 0 fully saturated rings. The molecule has 1 heterocycles. The number of benzene rings is 2. The summed E-state index contributed by atoms with van der Waals surface area (Å²) in [6.45, 7) is 11.6. The maximum Gasteiger partial charge on any atom is 0.174 e. The zero-order valence-electron chi connectivity index (χ0n) is 24.1. The molecule has 0 N–H and O–H groups in total. The van der Waals surface area contributed by atoms with Crippen molar-refractivity contribution >= 4 is 34.2 Å². The van der Waals surface area contributed by atoms with Gasteiger partial charge >= 0.3 is 0 Å². The predicted molar refractivity (Wildman–Crippen MR) is 162 cm³/mol. The summed E-state index contributed by atoms with van der Waals surface area (Å²) in [5, 5.41) is 0. The molecule has 7 heteroatoms. The van der Waals surface area contributed by atoms with E-state index in [-0.39, 0.29) is 34.8 Å². The van der Waals surface area contributed by atoms with Crippen molar-refractivity contribution in [1.82, 2.24) is 4.90 Å². The van der Waals surface area contributed by atoms with Crippen LogP contribution in [0.3, 0.4) is 0 Å². The zero-order valence-corrected chi connectivity index (χ0v) is 26.3. The van der Waals surface area contributed by atoms with Gasteiger partial charge in [-0.3, -0.25) is 9.59 Å². The zero-order chi connectivity index (χ0) is 29.0. The lowest BCUT2D eigenvalue weighted by Gasteiger charge is -2.49. The highest BCUT2D eigenvalue weighted by atomic mass is 127. The van der Waals surface area contributed by atoms with Crippen molar-refractivity contribution in [3.63, 3.8) is 0 Å². The van der Waals surface area contributed by atoms with E-state index in [0.717, 1.165) is 44.5 Å². The summed E-state index contributed by atoms with van der Waals surface area (Å²) >= 11 is 2.22. The molecule has 212 valence electrons. The molecule has 1 aliphatic heterocycles. The Hall–Kier alpha value is -2.68. The van der Waals surface area contributed by atoms with Crippen molar-refractivity contribution in [3.05, 3.63) is 79.5 Å². The molecule has 0 saturated heterocycles. The Labute approximate surface area is 249 Å². The molecule has 0 amide bonds. The first-order valence-electron chi connectivity index (χ1n) is 13.9.